The zero-order valence-corrected chi connectivity index (χ0v) is 11.8. The maximum atomic E-state index is 12.1. The Kier molecular flexibility index (Phi) is 2.77. The second-order valence-electron chi connectivity index (χ2n) is 6.38. The van der Waals surface area contributed by atoms with E-state index >= 15 is 0 Å². The molecule has 0 radical (unpaired) electrons. The van der Waals surface area contributed by atoms with Gasteiger partial charge < -0.3 is 4.74 Å². The first-order chi connectivity index (χ1) is 8.94. The molecule has 4 heteroatoms. The summed E-state index contributed by atoms with van der Waals surface area (Å²) in [7, 11) is 0. The van der Waals surface area contributed by atoms with Gasteiger partial charge in [-0.2, -0.15) is 0 Å². The Morgan fingerprint density at radius 2 is 2.05 bits per heavy atom. The first-order valence-electron chi connectivity index (χ1n) is 6.90. The van der Waals surface area contributed by atoms with Gasteiger partial charge in [-0.15, -0.1) is 0 Å². The number of hydrogen-bond donors (Lipinski definition) is 0. The van der Waals surface area contributed by atoms with Gasteiger partial charge in [-0.3, -0.25) is 9.88 Å². The third-order valence-electron chi connectivity index (χ3n) is 3.68. The molecule has 4 nitrogen and oxygen atoms in total. The average Bonchev–Trinajstić information content (AvgIpc) is 2.92. The van der Waals surface area contributed by atoms with Crippen molar-refractivity contribution in [1.29, 1.82) is 0 Å². The molecule has 1 aromatic rings. The molecule has 0 fully saturated rings. The molecule has 0 spiro atoms. The van der Waals surface area contributed by atoms with Crippen molar-refractivity contribution in [3.63, 3.8) is 0 Å². The summed E-state index contributed by atoms with van der Waals surface area (Å²) in [5.74, 6) is 0. The van der Waals surface area contributed by atoms with Gasteiger partial charge in [0, 0.05) is 11.9 Å². The van der Waals surface area contributed by atoms with Gasteiger partial charge in [0.1, 0.15) is 5.60 Å². The Labute approximate surface area is 113 Å². The van der Waals surface area contributed by atoms with E-state index in [1.54, 1.807) is 4.90 Å². The van der Waals surface area contributed by atoms with Gasteiger partial charge >= 0.3 is 6.09 Å². The molecule has 0 unspecified atom stereocenters. The van der Waals surface area contributed by atoms with Crippen molar-refractivity contribution in [2.24, 2.45) is 0 Å². The fourth-order valence-electron chi connectivity index (χ4n) is 2.86. The van der Waals surface area contributed by atoms with Crippen LogP contribution in [0.4, 0.5) is 4.79 Å². The third kappa shape index (κ3) is 2.31. The Morgan fingerprint density at radius 3 is 2.79 bits per heavy atom. The summed E-state index contributed by atoms with van der Waals surface area (Å²) in [5, 5.41) is 0. The zero-order chi connectivity index (χ0) is 13.6. The van der Waals surface area contributed by atoms with Crippen molar-refractivity contribution < 1.29 is 9.53 Å². The van der Waals surface area contributed by atoms with Crippen LogP contribution in [0.5, 0.6) is 0 Å². The number of ether oxygens (including phenoxy) is 1. The van der Waals surface area contributed by atoms with Crippen molar-refractivity contribution in [1.82, 2.24) is 9.88 Å². The molecule has 2 aliphatic rings. The third-order valence-corrected chi connectivity index (χ3v) is 3.68. The standard InChI is InChI=1S/C15H20N2O2/c1-15(2,3)19-14(18)17-8-10-7-16-13-6-4-5-11(13)12(10)9-17/h7H,4-6,8-9H2,1-3H3. The summed E-state index contributed by atoms with van der Waals surface area (Å²) in [4.78, 5) is 18.4. The van der Waals surface area contributed by atoms with Crippen molar-refractivity contribution in [2.45, 2.75) is 58.7 Å². The fourth-order valence-corrected chi connectivity index (χ4v) is 2.86. The van der Waals surface area contributed by atoms with Crippen LogP contribution in [0, 0.1) is 0 Å². The lowest BCUT2D eigenvalue weighted by Crippen LogP contribution is -2.33. The van der Waals surface area contributed by atoms with Crippen molar-refractivity contribution in [3.05, 3.63) is 28.6 Å². The molecule has 1 aliphatic heterocycles. The number of pyridine rings is 1. The number of rotatable bonds is 0. The summed E-state index contributed by atoms with van der Waals surface area (Å²) in [6.45, 7) is 6.99. The lowest BCUT2D eigenvalue weighted by Gasteiger charge is -2.24. The molecular formula is C15H20N2O2. The molecular weight excluding hydrogens is 240 g/mol. The van der Waals surface area contributed by atoms with Crippen molar-refractivity contribution in [2.75, 3.05) is 0 Å². The first kappa shape index (κ1) is 12.5. The predicted octanol–water partition coefficient (Wildman–Crippen LogP) is 2.82. The van der Waals surface area contributed by atoms with E-state index in [2.05, 4.69) is 4.98 Å². The van der Waals surface area contributed by atoms with Crippen LogP contribution in [0.3, 0.4) is 0 Å². The van der Waals surface area contributed by atoms with Crippen molar-refractivity contribution in [3.8, 4) is 0 Å². The van der Waals surface area contributed by atoms with Gasteiger partial charge in [-0.25, -0.2) is 4.79 Å². The van der Waals surface area contributed by atoms with Gasteiger partial charge in [0.25, 0.3) is 0 Å². The number of aromatic nitrogens is 1. The minimum Gasteiger partial charge on any atom is -0.444 e. The zero-order valence-electron chi connectivity index (χ0n) is 11.8. The second-order valence-corrected chi connectivity index (χ2v) is 6.38. The number of fused-ring (bicyclic) bond motifs is 3. The predicted molar refractivity (Wildman–Crippen MR) is 71.7 cm³/mol. The molecule has 0 saturated carbocycles. The summed E-state index contributed by atoms with van der Waals surface area (Å²) < 4.78 is 5.44. The van der Waals surface area contributed by atoms with Crippen LogP contribution in [-0.4, -0.2) is 21.6 Å². The Morgan fingerprint density at radius 1 is 1.26 bits per heavy atom. The molecule has 1 aliphatic carbocycles. The first-order valence-corrected chi connectivity index (χ1v) is 6.90. The highest BCUT2D eigenvalue weighted by Crippen LogP contribution is 2.32. The molecule has 0 aromatic carbocycles. The van der Waals surface area contributed by atoms with E-state index in [1.807, 2.05) is 27.0 Å². The van der Waals surface area contributed by atoms with E-state index in [9.17, 15) is 4.79 Å². The number of aryl methyl sites for hydroxylation is 1. The monoisotopic (exact) mass is 260 g/mol. The summed E-state index contributed by atoms with van der Waals surface area (Å²) in [5.41, 5.74) is 4.67. The Bertz CT molecular complexity index is 532. The lowest BCUT2D eigenvalue weighted by molar-refractivity contribution is 0.0241. The van der Waals surface area contributed by atoms with E-state index < -0.39 is 5.60 Å². The number of hydrogen-bond acceptors (Lipinski definition) is 3. The molecule has 1 amide bonds. The number of carbonyl (C=O) groups is 1. The van der Waals surface area contributed by atoms with Gasteiger partial charge in [0.05, 0.1) is 13.1 Å². The SMILES string of the molecule is CC(C)(C)OC(=O)N1Cc2cnc3c(c2C1)CCC3. The normalized spacial score (nSPS) is 17.3. The van der Waals surface area contributed by atoms with Crippen molar-refractivity contribution >= 4 is 6.09 Å². The summed E-state index contributed by atoms with van der Waals surface area (Å²) in [6.07, 6.45) is 5.08. The quantitative estimate of drug-likeness (QED) is 0.720. The van der Waals surface area contributed by atoms with Gasteiger partial charge in [-0.1, -0.05) is 0 Å². The smallest absolute Gasteiger partial charge is 0.410 e. The molecule has 0 atom stereocenters. The average molecular weight is 260 g/mol. The Hall–Kier alpha value is -1.58. The topological polar surface area (TPSA) is 42.4 Å². The molecule has 2 heterocycles. The highest BCUT2D eigenvalue weighted by Gasteiger charge is 2.31. The minimum absolute atomic E-state index is 0.226. The lowest BCUT2D eigenvalue weighted by atomic mass is 10.1. The van der Waals surface area contributed by atoms with E-state index in [0.29, 0.717) is 13.1 Å². The van der Waals surface area contributed by atoms with Crippen LogP contribution < -0.4 is 0 Å². The molecule has 19 heavy (non-hydrogen) atoms. The van der Waals surface area contributed by atoms with Crippen LogP contribution in [0.1, 0.15) is 49.6 Å². The van der Waals surface area contributed by atoms with Crippen LogP contribution in [0.25, 0.3) is 0 Å². The van der Waals surface area contributed by atoms with E-state index in [0.717, 1.165) is 12.8 Å². The molecule has 0 bridgehead atoms. The number of nitrogens with zero attached hydrogens (tertiary/aromatic N) is 2. The number of amides is 1. The molecule has 0 N–H and O–H groups in total. The van der Waals surface area contributed by atoms with E-state index in [1.165, 1.54) is 28.8 Å². The van der Waals surface area contributed by atoms with Crippen LogP contribution in [-0.2, 0) is 30.7 Å². The van der Waals surface area contributed by atoms with Gasteiger partial charge in [0.15, 0.2) is 0 Å². The maximum Gasteiger partial charge on any atom is 0.410 e. The van der Waals surface area contributed by atoms with E-state index in [4.69, 9.17) is 4.74 Å². The Balaban J connectivity index is 1.80. The number of carbonyl (C=O) groups excluding carboxylic acids is 1. The van der Waals surface area contributed by atoms with Gasteiger partial charge in [-0.05, 0) is 56.7 Å². The van der Waals surface area contributed by atoms with Crippen LogP contribution >= 0.6 is 0 Å². The highest BCUT2D eigenvalue weighted by atomic mass is 16.6. The second kappa shape index (κ2) is 4.22. The summed E-state index contributed by atoms with van der Waals surface area (Å²) in [6, 6.07) is 0. The van der Waals surface area contributed by atoms with Crippen LogP contribution in [0.15, 0.2) is 6.20 Å². The molecule has 1 aromatic heterocycles. The van der Waals surface area contributed by atoms with Gasteiger partial charge in [0.2, 0.25) is 0 Å². The maximum absolute atomic E-state index is 12.1. The summed E-state index contributed by atoms with van der Waals surface area (Å²) >= 11 is 0. The molecule has 3 rings (SSSR count). The van der Waals surface area contributed by atoms with E-state index in [-0.39, 0.29) is 6.09 Å². The molecule has 102 valence electrons. The fraction of sp³-hybridized carbons (Fsp3) is 0.600. The largest absolute Gasteiger partial charge is 0.444 e. The van der Waals surface area contributed by atoms with Crippen LogP contribution in [0.2, 0.25) is 0 Å². The minimum atomic E-state index is -0.438. The highest BCUT2D eigenvalue weighted by molar-refractivity contribution is 5.69. The molecule has 0 saturated heterocycles.